The average Bonchev–Trinajstić information content (AvgIpc) is 1.60. The van der Waals surface area contributed by atoms with Crippen molar-refractivity contribution < 1.29 is 9.50 Å². The zero-order valence-electron chi connectivity index (χ0n) is 5.55. The van der Waals surface area contributed by atoms with Crippen molar-refractivity contribution in [2.75, 3.05) is 19.6 Å². The maximum Gasteiger partial charge on any atom is 0.110 e. The highest BCUT2D eigenvalue weighted by Crippen LogP contribution is 2.07. The van der Waals surface area contributed by atoms with Crippen LogP contribution in [0.5, 0.6) is 0 Å². The maximum absolute atomic E-state index is 12.2. The summed E-state index contributed by atoms with van der Waals surface area (Å²) >= 11 is 0. The SMILES string of the molecule is CC(F)CN1CC(O)C1. The number of aliphatic hydroxyl groups excluding tert-OH is 1. The van der Waals surface area contributed by atoms with Crippen LogP contribution in [-0.2, 0) is 0 Å². The van der Waals surface area contributed by atoms with Crippen molar-refractivity contribution in [1.82, 2.24) is 4.90 Å². The lowest BCUT2D eigenvalue weighted by Gasteiger charge is -2.35. The lowest BCUT2D eigenvalue weighted by atomic mass is 10.1. The fraction of sp³-hybridized carbons (Fsp3) is 1.00. The summed E-state index contributed by atoms with van der Waals surface area (Å²) in [7, 11) is 0. The molecule has 0 spiro atoms. The lowest BCUT2D eigenvalue weighted by Crippen LogP contribution is -2.52. The highest BCUT2D eigenvalue weighted by molar-refractivity contribution is 4.79. The van der Waals surface area contributed by atoms with Crippen molar-refractivity contribution in [1.29, 1.82) is 0 Å². The number of aliphatic hydroxyl groups is 1. The smallest absolute Gasteiger partial charge is 0.110 e. The Morgan fingerprint density at radius 2 is 2.33 bits per heavy atom. The van der Waals surface area contributed by atoms with E-state index in [4.69, 9.17) is 5.11 Å². The molecule has 2 nitrogen and oxygen atoms in total. The van der Waals surface area contributed by atoms with Crippen LogP contribution >= 0.6 is 0 Å². The van der Waals surface area contributed by atoms with Crippen molar-refractivity contribution in [3.8, 4) is 0 Å². The molecular formula is C6H12FNO. The third kappa shape index (κ3) is 1.91. The van der Waals surface area contributed by atoms with Crippen LogP contribution in [0.4, 0.5) is 4.39 Å². The Bertz CT molecular complexity index is 91.1. The standard InChI is InChI=1S/C6H12FNO/c1-5(7)2-8-3-6(9)4-8/h5-6,9H,2-4H2,1H3. The van der Waals surface area contributed by atoms with Gasteiger partial charge in [0.25, 0.3) is 0 Å². The lowest BCUT2D eigenvalue weighted by molar-refractivity contribution is -0.00824. The molecule has 1 rings (SSSR count). The first kappa shape index (κ1) is 6.96. The van der Waals surface area contributed by atoms with E-state index < -0.39 is 6.17 Å². The molecule has 0 saturated carbocycles. The van der Waals surface area contributed by atoms with Gasteiger partial charge < -0.3 is 5.11 Å². The quantitative estimate of drug-likeness (QED) is 0.574. The molecule has 0 aliphatic carbocycles. The Morgan fingerprint density at radius 3 is 2.67 bits per heavy atom. The molecule has 1 fully saturated rings. The van der Waals surface area contributed by atoms with Gasteiger partial charge in [0, 0.05) is 19.6 Å². The zero-order valence-corrected chi connectivity index (χ0v) is 5.55. The van der Waals surface area contributed by atoms with Crippen molar-refractivity contribution in [3.63, 3.8) is 0 Å². The van der Waals surface area contributed by atoms with Crippen LogP contribution in [0.1, 0.15) is 6.92 Å². The minimum Gasteiger partial charge on any atom is -0.390 e. The van der Waals surface area contributed by atoms with Crippen LogP contribution in [0.2, 0.25) is 0 Å². The molecule has 0 aromatic heterocycles. The summed E-state index contributed by atoms with van der Waals surface area (Å²) in [5.74, 6) is 0. The largest absolute Gasteiger partial charge is 0.390 e. The summed E-state index contributed by atoms with van der Waals surface area (Å²) < 4.78 is 12.2. The first-order valence-electron chi connectivity index (χ1n) is 3.23. The number of β-amino-alcohol motifs (C(OH)–C–C–N with tert-alkyl or cyclic N) is 1. The summed E-state index contributed by atoms with van der Waals surface area (Å²) in [5, 5.41) is 8.77. The van der Waals surface area contributed by atoms with Gasteiger partial charge in [-0.25, -0.2) is 4.39 Å². The molecule has 1 saturated heterocycles. The van der Waals surface area contributed by atoms with Gasteiger partial charge in [-0.3, -0.25) is 4.90 Å². The molecular weight excluding hydrogens is 121 g/mol. The average molecular weight is 133 g/mol. The van der Waals surface area contributed by atoms with Gasteiger partial charge in [0.05, 0.1) is 6.10 Å². The third-order valence-corrected chi connectivity index (χ3v) is 1.45. The predicted octanol–water partition coefficient (Wildman–Crippen LogP) is 0.0209. The van der Waals surface area contributed by atoms with Crippen LogP contribution in [-0.4, -0.2) is 41.9 Å². The van der Waals surface area contributed by atoms with Gasteiger partial charge in [0.1, 0.15) is 6.17 Å². The van der Waals surface area contributed by atoms with Gasteiger partial charge in [0.15, 0.2) is 0 Å². The molecule has 0 amide bonds. The van der Waals surface area contributed by atoms with Gasteiger partial charge in [0.2, 0.25) is 0 Å². The first-order valence-corrected chi connectivity index (χ1v) is 3.23. The van der Waals surface area contributed by atoms with E-state index in [1.54, 1.807) is 0 Å². The van der Waals surface area contributed by atoms with Crippen molar-refractivity contribution in [2.45, 2.75) is 19.2 Å². The molecule has 1 heterocycles. The molecule has 3 heteroatoms. The summed E-state index contributed by atoms with van der Waals surface area (Å²) in [5.41, 5.74) is 0. The van der Waals surface area contributed by atoms with Gasteiger partial charge in [-0.15, -0.1) is 0 Å². The Hall–Kier alpha value is -0.150. The molecule has 1 aliphatic rings. The van der Waals surface area contributed by atoms with E-state index in [-0.39, 0.29) is 6.10 Å². The summed E-state index contributed by atoms with van der Waals surface area (Å²) in [6, 6.07) is 0. The topological polar surface area (TPSA) is 23.5 Å². The molecule has 0 radical (unpaired) electrons. The molecule has 0 aromatic carbocycles. The monoisotopic (exact) mass is 133 g/mol. The van der Waals surface area contributed by atoms with E-state index in [2.05, 4.69) is 0 Å². The predicted molar refractivity (Wildman–Crippen MR) is 33.0 cm³/mol. The summed E-state index contributed by atoms with van der Waals surface area (Å²) in [6.07, 6.45) is -0.971. The summed E-state index contributed by atoms with van der Waals surface area (Å²) in [6.45, 7) is 3.30. The molecule has 1 N–H and O–H groups in total. The second-order valence-electron chi connectivity index (χ2n) is 2.65. The normalized spacial score (nSPS) is 25.7. The number of halogens is 1. The van der Waals surface area contributed by atoms with Crippen LogP contribution in [0, 0.1) is 0 Å². The molecule has 9 heavy (non-hydrogen) atoms. The van der Waals surface area contributed by atoms with Gasteiger partial charge in [-0.1, -0.05) is 0 Å². The van der Waals surface area contributed by atoms with E-state index in [9.17, 15) is 4.39 Å². The number of alkyl halides is 1. The Morgan fingerprint density at radius 1 is 1.78 bits per heavy atom. The third-order valence-electron chi connectivity index (χ3n) is 1.45. The number of hydrogen-bond donors (Lipinski definition) is 1. The second kappa shape index (κ2) is 2.62. The van der Waals surface area contributed by atoms with Crippen LogP contribution in [0.25, 0.3) is 0 Å². The minimum atomic E-state index is -0.766. The van der Waals surface area contributed by atoms with E-state index in [1.807, 2.05) is 4.90 Å². The molecule has 0 bridgehead atoms. The highest BCUT2D eigenvalue weighted by Gasteiger charge is 2.24. The van der Waals surface area contributed by atoms with Gasteiger partial charge in [-0.05, 0) is 6.92 Å². The van der Waals surface area contributed by atoms with E-state index in [1.165, 1.54) is 6.92 Å². The Balaban J connectivity index is 2.04. The van der Waals surface area contributed by atoms with Crippen LogP contribution < -0.4 is 0 Å². The fourth-order valence-corrected chi connectivity index (χ4v) is 1.05. The van der Waals surface area contributed by atoms with E-state index >= 15 is 0 Å². The van der Waals surface area contributed by atoms with Crippen molar-refractivity contribution in [2.24, 2.45) is 0 Å². The maximum atomic E-state index is 12.2. The van der Waals surface area contributed by atoms with Gasteiger partial charge >= 0.3 is 0 Å². The molecule has 0 aromatic rings. The Labute approximate surface area is 54.3 Å². The number of likely N-dealkylation sites (tertiary alicyclic amines) is 1. The molecule has 1 atom stereocenters. The molecule has 1 unspecified atom stereocenters. The van der Waals surface area contributed by atoms with E-state index in [0.717, 1.165) is 0 Å². The van der Waals surface area contributed by atoms with Crippen molar-refractivity contribution in [3.05, 3.63) is 0 Å². The number of rotatable bonds is 2. The number of nitrogens with zero attached hydrogens (tertiary/aromatic N) is 1. The van der Waals surface area contributed by atoms with Crippen molar-refractivity contribution >= 4 is 0 Å². The highest BCUT2D eigenvalue weighted by atomic mass is 19.1. The number of hydrogen-bond acceptors (Lipinski definition) is 2. The molecule has 1 aliphatic heterocycles. The second-order valence-corrected chi connectivity index (χ2v) is 2.65. The Kier molecular flexibility index (Phi) is 2.03. The molecule has 54 valence electrons. The minimum absolute atomic E-state index is 0.205. The van der Waals surface area contributed by atoms with Crippen LogP contribution in [0.3, 0.4) is 0 Å². The summed E-state index contributed by atoms with van der Waals surface area (Å²) in [4.78, 5) is 1.90. The zero-order chi connectivity index (χ0) is 6.85. The fourth-order valence-electron chi connectivity index (χ4n) is 1.05. The van der Waals surface area contributed by atoms with E-state index in [0.29, 0.717) is 19.6 Å². The first-order chi connectivity index (χ1) is 4.18. The van der Waals surface area contributed by atoms with Gasteiger partial charge in [-0.2, -0.15) is 0 Å². The van der Waals surface area contributed by atoms with Crippen LogP contribution in [0.15, 0.2) is 0 Å².